The molecule has 6 nitrogen and oxygen atoms in total. The predicted molar refractivity (Wildman–Crippen MR) is 139 cm³/mol. The molecule has 0 aliphatic carbocycles. The van der Waals surface area contributed by atoms with Crippen LogP contribution in [0.1, 0.15) is 74.4 Å². The summed E-state index contributed by atoms with van der Waals surface area (Å²) >= 11 is 0. The first-order valence-corrected chi connectivity index (χ1v) is 12.5. The number of furan rings is 1. The molecule has 0 radical (unpaired) electrons. The number of nitrogens with zero attached hydrogens (tertiary/aromatic N) is 1. The first-order chi connectivity index (χ1) is 17.4. The zero-order valence-electron chi connectivity index (χ0n) is 21.1. The van der Waals surface area contributed by atoms with E-state index in [1.54, 1.807) is 36.4 Å². The predicted octanol–water partition coefficient (Wildman–Crippen LogP) is 6.59. The average molecular weight is 488 g/mol. The van der Waals surface area contributed by atoms with Crippen LogP contribution in [0.15, 0.2) is 76.9 Å². The molecule has 1 fully saturated rings. The molecule has 4 rings (SSSR count). The summed E-state index contributed by atoms with van der Waals surface area (Å²) in [5.74, 6) is 0.0210. The second-order valence-corrected chi connectivity index (χ2v) is 9.41. The Balaban J connectivity index is 1.70. The number of benzene rings is 2. The fourth-order valence-corrected chi connectivity index (χ4v) is 4.43. The SMILES string of the molecule is CCCCCOc1ccc(/C(O)=C2/C(=O)C(=O)N(Cc3ccco3)C2c2ccc(C(C)C)cc2)cc1. The quantitative estimate of drug-likeness (QED) is 0.151. The van der Waals surface area contributed by atoms with Gasteiger partial charge >= 0.3 is 0 Å². The lowest BCUT2D eigenvalue weighted by atomic mass is 9.93. The van der Waals surface area contributed by atoms with Crippen LogP contribution in [0.2, 0.25) is 0 Å². The van der Waals surface area contributed by atoms with Crippen molar-refractivity contribution in [3.05, 3.63) is 95.0 Å². The molecule has 0 bridgehead atoms. The van der Waals surface area contributed by atoms with E-state index < -0.39 is 17.7 Å². The molecule has 1 N–H and O–H groups in total. The molecule has 1 aliphatic heterocycles. The molecule has 188 valence electrons. The lowest BCUT2D eigenvalue weighted by molar-refractivity contribution is -0.140. The number of aliphatic hydroxyl groups is 1. The average Bonchev–Trinajstić information content (AvgIpc) is 3.49. The number of carbonyl (C=O) groups excluding carboxylic acids is 2. The van der Waals surface area contributed by atoms with Crippen molar-refractivity contribution in [2.24, 2.45) is 0 Å². The minimum absolute atomic E-state index is 0.0699. The van der Waals surface area contributed by atoms with Crippen LogP contribution in [-0.2, 0) is 16.1 Å². The molecule has 0 spiro atoms. The Morgan fingerprint density at radius 3 is 2.36 bits per heavy atom. The Kier molecular flexibility index (Phi) is 7.93. The molecule has 2 aromatic carbocycles. The van der Waals surface area contributed by atoms with Gasteiger partial charge in [-0.3, -0.25) is 9.59 Å². The molecule has 0 saturated carbocycles. The first-order valence-electron chi connectivity index (χ1n) is 12.5. The maximum Gasteiger partial charge on any atom is 0.296 e. The van der Waals surface area contributed by atoms with E-state index in [0.717, 1.165) is 30.4 Å². The van der Waals surface area contributed by atoms with Gasteiger partial charge in [-0.2, -0.15) is 0 Å². The van der Waals surface area contributed by atoms with E-state index >= 15 is 0 Å². The van der Waals surface area contributed by atoms with Gasteiger partial charge in [0.15, 0.2) is 0 Å². The lowest BCUT2D eigenvalue weighted by Gasteiger charge is -2.25. The van der Waals surface area contributed by atoms with E-state index in [1.165, 1.54) is 11.2 Å². The normalized spacial score (nSPS) is 17.2. The number of hydrogen-bond donors (Lipinski definition) is 1. The number of ether oxygens (including phenoxy) is 1. The largest absolute Gasteiger partial charge is 0.507 e. The van der Waals surface area contributed by atoms with Crippen molar-refractivity contribution in [3.8, 4) is 5.75 Å². The van der Waals surface area contributed by atoms with E-state index in [-0.39, 0.29) is 17.9 Å². The minimum Gasteiger partial charge on any atom is -0.507 e. The van der Waals surface area contributed by atoms with Gasteiger partial charge in [-0.1, -0.05) is 57.9 Å². The first kappa shape index (κ1) is 25.3. The number of unbranched alkanes of at least 4 members (excludes halogenated alkanes) is 2. The topological polar surface area (TPSA) is 80.0 Å². The van der Waals surface area contributed by atoms with Crippen LogP contribution in [0, 0.1) is 0 Å². The number of ketones is 1. The van der Waals surface area contributed by atoms with Crippen LogP contribution >= 0.6 is 0 Å². The lowest BCUT2D eigenvalue weighted by Crippen LogP contribution is -2.29. The molecular weight excluding hydrogens is 454 g/mol. The highest BCUT2D eigenvalue weighted by atomic mass is 16.5. The number of Topliss-reactive ketones (excluding diaryl/α,β-unsaturated/α-hetero) is 1. The third-order valence-corrected chi connectivity index (χ3v) is 6.51. The van der Waals surface area contributed by atoms with Crippen LogP contribution in [0.3, 0.4) is 0 Å². The van der Waals surface area contributed by atoms with Gasteiger partial charge in [0, 0.05) is 5.56 Å². The highest BCUT2D eigenvalue weighted by Gasteiger charge is 2.46. The Morgan fingerprint density at radius 2 is 1.75 bits per heavy atom. The molecular formula is C30H33NO5. The van der Waals surface area contributed by atoms with Gasteiger partial charge in [-0.05, 0) is 59.9 Å². The summed E-state index contributed by atoms with van der Waals surface area (Å²) in [6, 6.07) is 17.6. The highest BCUT2D eigenvalue weighted by molar-refractivity contribution is 6.46. The van der Waals surface area contributed by atoms with Crippen molar-refractivity contribution in [1.82, 2.24) is 4.90 Å². The fraction of sp³-hybridized carbons (Fsp3) is 0.333. The van der Waals surface area contributed by atoms with Gasteiger partial charge in [0.25, 0.3) is 11.7 Å². The van der Waals surface area contributed by atoms with Crippen molar-refractivity contribution >= 4 is 17.4 Å². The van der Waals surface area contributed by atoms with Crippen LogP contribution in [-0.4, -0.2) is 28.3 Å². The number of likely N-dealkylation sites (tertiary alicyclic amines) is 1. The maximum absolute atomic E-state index is 13.2. The molecule has 1 saturated heterocycles. The Bertz CT molecular complexity index is 1210. The molecule has 1 amide bonds. The monoisotopic (exact) mass is 487 g/mol. The molecule has 1 aromatic heterocycles. The van der Waals surface area contributed by atoms with Crippen molar-refractivity contribution in [1.29, 1.82) is 0 Å². The standard InChI is InChI=1S/C30H33NO5/c1-4-5-6-17-35-24-15-13-23(14-16-24)28(32)26-27(22-11-9-21(10-12-22)20(2)3)31(30(34)29(26)33)19-25-8-7-18-36-25/h7-16,18,20,27,32H,4-6,17,19H2,1-3H3/b28-26-. The number of carbonyl (C=O) groups is 2. The summed E-state index contributed by atoms with van der Waals surface area (Å²) in [7, 11) is 0. The number of hydrogen-bond acceptors (Lipinski definition) is 5. The maximum atomic E-state index is 13.2. The van der Waals surface area contributed by atoms with Crippen LogP contribution in [0.25, 0.3) is 5.76 Å². The summed E-state index contributed by atoms with van der Waals surface area (Å²) in [6.07, 6.45) is 4.74. The number of rotatable bonds is 10. The van der Waals surface area contributed by atoms with Gasteiger partial charge < -0.3 is 19.2 Å². The zero-order valence-corrected chi connectivity index (χ0v) is 21.1. The van der Waals surface area contributed by atoms with E-state index in [0.29, 0.717) is 29.6 Å². The van der Waals surface area contributed by atoms with Gasteiger partial charge in [-0.25, -0.2) is 0 Å². The number of aliphatic hydroxyl groups excluding tert-OH is 1. The highest BCUT2D eigenvalue weighted by Crippen LogP contribution is 2.40. The molecule has 36 heavy (non-hydrogen) atoms. The molecule has 6 heteroatoms. The third kappa shape index (κ3) is 5.38. The smallest absolute Gasteiger partial charge is 0.296 e. The van der Waals surface area contributed by atoms with Crippen molar-refractivity contribution < 1.29 is 23.8 Å². The summed E-state index contributed by atoms with van der Waals surface area (Å²) in [4.78, 5) is 27.8. The molecule has 2 heterocycles. The van der Waals surface area contributed by atoms with E-state index in [1.807, 2.05) is 24.3 Å². The van der Waals surface area contributed by atoms with Crippen molar-refractivity contribution in [2.75, 3.05) is 6.61 Å². The van der Waals surface area contributed by atoms with Crippen LogP contribution in [0.4, 0.5) is 0 Å². The zero-order chi connectivity index (χ0) is 25.7. The fourth-order valence-electron chi connectivity index (χ4n) is 4.43. The summed E-state index contributed by atoms with van der Waals surface area (Å²) in [5.41, 5.74) is 2.43. The number of amides is 1. The summed E-state index contributed by atoms with van der Waals surface area (Å²) in [5, 5.41) is 11.3. The van der Waals surface area contributed by atoms with Crippen LogP contribution < -0.4 is 4.74 Å². The molecule has 3 aromatic rings. The summed E-state index contributed by atoms with van der Waals surface area (Å²) < 4.78 is 11.2. The van der Waals surface area contributed by atoms with Gasteiger partial charge in [0.2, 0.25) is 0 Å². The van der Waals surface area contributed by atoms with Gasteiger partial charge in [-0.15, -0.1) is 0 Å². The van der Waals surface area contributed by atoms with Crippen LogP contribution in [0.5, 0.6) is 5.75 Å². The summed E-state index contributed by atoms with van der Waals surface area (Å²) in [6.45, 7) is 7.10. The van der Waals surface area contributed by atoms with E-state index in [4.69, 9.17) is 9.15 Å². The Labute approximate surface area is 212 Å². The van der Waals surface area contributed by atoms with E-state index in [2.05, 4.69) is 20.8 Å². The molecule has 1 atom stereocenters. The van der Waals surface area contributed by atoms with Gasteiger partial charge in [0.1, 0.15) is 17.3 Å². The van der Waals surface area contributed by atoms with Crippen molar-refractivity contribution in [3.63, 3.8) is 0 Å². The van der Waals surface area contributed by atoms with E-state index in [9.17, 15) is 14.7 Å². The second-order valence-electron chi connectivity index (χ2n) is 9.41. The Morgan fingerprint density at radius 1 is 1.03 bits per heavy atom. The Hall–Kier alpha value is -3.80. The van der Waals surface area contributed by atoms with Crippen molar-refractivity contribution in [2.45, 2.75) is 58.5 Å². The molecule has 1 aliphatic rings. The van der Waals surface area contributed by atoms with Gasteiger partial charge in [0.05, 0.1) is 31.0 Å². The minimum atomic E-state index is -0.735. The third-order valence-electron chi connectivity index (χ3n) is 6.51. The second kappa shape index (κ2) is 11.3. The molecule has 1 unspecified atom stereocenters.